The Hall–Kier alpha value is -3.35. The fraction of sp³-hybridized carbons (Fsp3) is 0.200. The second-order valence-corrected chi connectivity index (χ2v) is 5.92. The first-order valence-corrected chi connectivity index (χ1v) is 8.28. The van der Waals surface area contributed by atoms with Crippen LogP contribution in [0.1, 0.15) is 27.4 Å². The second-order valence-electron chi connectivity index (χ2n) is 5.92. The molecule has 1 amide bonds. The van der Waals surface area contributed by atoms with Gasteiger partial charge in [0, 0.05) is 5.69 Å². The van der Waals surface area contributed by atoms with E-state index in [0.29, 0.717) is 34.1 Å². The third kappa shape index (κ3) is 4.08. The van der Waals surface area contributed by atoms with Gasteiger partial charge in [-0.15, -0.1) is 0 Å². The van der Waals surface area contributed by atoms with Crippen LogP contribution in [0.4, 0.5) is 10.1 Å². The van der Waals surface area contributed by atoms with Gasteiger partial charge in [-0.05, 0) is 43.7 Å². The van der Waals surface area contributed by atoms with E-state index < -0.39 is 11.7 Å². The zero-order valence-electron chi connectivity index (χ0n) is 15.2. The van der Waals surface area contributed by atoms with E-state index in [1.54, 1.807) is 45.2 Å². The van der Waals surface area contributed by atoms with E-state index in [0.717, 1.165) is 0 Å². The van der Waals surface area contributed by atoms with Crippen molar-refractivity contribution in [1.29, 1.82) is 0 Å². The van der Waals surface area contributed by atoms with Crippen molar-refractivity contribution in [3.63, 3.8) is 0 Å². The number of anilines is 1. The van der Waals surface area contributed by atoms with E-state index in [2.05, 4.69) is 10.5 Å². The first kappa shape index (κ1) is 18.4. The molecule has 3 aromatic rings. The molecular weight excluding hydrogens is 351 g/mol. The lowest BCUT2D eigenvalue weighted by Crippen LogP contribution is -2.15. The quantitative estimate of drug-likeness (QED) is 0.701. The third-order valence-corrected chi connectivity index (χ3v) is 4.07. The molecule has 0 saturated heterocycles. The van der Waals surface area contributed by atoms with Gasteiger partial charge in [0.2, 0.25) is 0 Å². The van der Waals surface area contributed by atoms with Crippen molar-refractivity contribution in [1.82, 2.24) is 5.16 Å². The van der Waals surface area contributed by atoms with Gasteiger partial charge in [0.05, 0.1) is 12.7 Å². The number of nitrogens with one attached hydrogen (secondary N) is 1. The van der Waals surface area contributed by atoms with Gasteiger partial charge in [-0.25, -0.2) is 4.39 Å². The molecule has 1 heterocycles. The first-order valence-electron chi connectivity index (χ1n) is 8.28. The lowest BCUT2D eigenvalue weighted by molar-refractivity contribution is 0.101. The molecule has 0 spiro atoms. The minimum absolute atomic E-state index is 0.0702. The molecule has 0 aliphatic heterocycles. The van der Waals surface area contributed by atoms with Crippen LogP contribution in [0, 0.1) is 19.7 Å². The van der Waals surface area contributed by atoms with Crippen molar-refractivity contribution in [2.24, 2.45) is 0 Å². The number of aryl methyl sites for hydroxylation is 2. The van der Waals surface area contributed by atoms with Gasteiger partial charge in [-0.1, -0.05) is 23.4 Å². The normalized spacial score (nSPS) is 10.5. The smallest absolute Gasteiger partial charge is 0.278 e. The predicted molar refractivity (Wildman–Crippen MR) is 97.7 cm³/mol. The average Bonchev–Trinajstić information content (AvgIpc) is 3.04. The van der Waals surface area contributed by atoms with Crippen molar-refractivity contribution in [2.75, 3.05) is 12.4 Å². The van der Waals surface area contributed by atoms with Crippen LogP contribution < -0.4 is 14.8 Å². The highest BCUT2D eigenvalue weighted by atomic mass is 19.1. The van der Waals surface area contributed by atoms with E-state index in [-0.39, 0.29) is 12.3 Å². The maximum atomic E-state index is 13.7. The maximum Gasteiger partial charge on any atom is 0.278 e. The summed E-state index contributed by atoms with van der Waals surface area (Å²) in [6.45, 7) is 3.41. The zero-order valence-corrected chi connectivity index (χ0v) is 15.2. The molecule has 1 N–H and O–H groups in total. The SMILES string of the molecule is COc1ccccc1OCc1c(C(=O)Nc2ccc(C)c(F)c2)noc1C. The van der Waals surface area contributed by atoms with E-state index in [1.165, 1.54) is 6.07 Å². The van der Waals surface area contributed by atoms with Gasteiger partial charge < -0.3 is 19.3 Å². The zero-order chi connectivity index (χ0) is 19.4. The number of amides is 1. The Morgan fingerprint density at radius 3 is 2.63 bits per heavy atom. The lowest BCUT2D eigenvalue weighted by atomic mass is 10.1. The number of carbonyl (C=O) groups is 1. The molecule has 0 radical (unpaired) electrons. The van der Waals surface area contributed by atoms with E-state index in [1.807, 2.05) is 12.1 Å². The van der Waals surface area contributed by atoms with Gasteiger partial charge in [-0.3, -0.25) is 4.79 Å². The number of rotatable bonds is 6. The lowest BCUT2D eigenvalue weighted by Gasteiger charge is -2.10. The van der Waals surface area contributed by atoms with Crippen molar-refractivity contribution >= 4 is 11.6 Å². The van der Waals surface area contributed by atoms with E-state index in [9.17, 15) is 9.18 Å². The number of methoxy groups -OCH3 is 1. The molecule has 0 saturated carbocycles. The highest BCUT2D eigenvalue weighted by Gasteiger charge is 2.21. The van der Waals surface area contributed by atoms with E-state index >= 15 is 0 Å². The minimum Gasteiger partial charge on any atom is -0.493 e. The predicted octanol–water partition coefficient (Wildman–Crippen LogP) is 4.27. The first-order chi connectivity index (χ1) is 13.0. The van der Waals surface area contributed by atoms with Crippen LogP contribution in [0.5, 0.6) is 11.5 Å². The summed E-state index contributed by atoms with van der Waals surface area (Å²) in [6.07, 6.45) is 0. The molecule has 0 bridgehead atoms. The standard InChI is InChI=1S/C20H19FN2O4/c1-12-8-9-14(10-16(12)21)22-20(24)19-15(13(2)27-23-19)11-26-18-7-5-4-6-17(18)25-3/h4-10H,11H2,1-3H3,(H,22,24). The Kier molecular flexibility index (Phi) is 5.40. The molecule has 27 heavy (non-hydrogen) atoms. The van der Waals surface area contributed by atoms with Gasteiger partial charge >= 0.3 is 0 Å². The summed E-state index contributed by atoms with van der Waals surface area (Å²) in [5.41, 5.74) is 1.42. The molecule has 0 atom stereocenters. The summed E-state index contributed by atoms with van der Waals surface area (Å²) in [5, 5.41) is 6.43. The van der Waals surface area contributed by atoms with Crippen molar-refractivity contribution in [2.45, 2.75) is 20.5 Å². The summed E-state index contributed by atoms with van der Waals surface area (Å²) in [5.74, 6) is 0.669. The second kappa shape index (κ2) is 7.90. The average molecular weight is 370 g/mol. The number of hydrogen-bond donors (Lipinski definition) is 1. The third-order valence-electron chi connectivity index (χ3n) is 4.07. The van der Waals surface area contributed by atoms with Crippen molar-refractivity contribution in [3.8, 4) is 11.5 Å². The minimum atomic E-state index is -0.506. The molecule has 6 nitrogen and oxygen atoms in total. The van der Waals surface area contributed by atoms with Gasteiger partial charge in [0.1, 0.15) is 18.2 Å². The van der Waals surface area contributed by atoms with Crippen molar-refractivity contribution < 1.29 is 23.2 Å². The maximum absolute atomic E-state index is 13.7. The molecule has 1 aromatic heterocycles. The summed E-state index contributed by atoms with van der Waals surface area (Å²) in [7, 11) is 1.55. The molecule has 2 aromatic carbocycles. The largest absolute Gasteiger partial charge is 0.493 e. The molecule has 140 valence electrons. The summed E-state index contributed by atoms with van der Waals surface area (Å²) in [6, 6.07) is 11.6. The molecule has 0 aliphatic rings. The topological polar surface area (TPSA) is 73.6 Å². The van der Waals surface area contributed by atoms with Crippen LogP contribution in [0.25, 0.3) is 0 Å². The van der Waals surface area contributed by atoms with Gasteiger partial charge in [-0.2, -0.15) is 0 Å². The number of para-hydroxylation sites is 2. The number of hydrogen-bond acceptors (Lipinski definition) is 5. The van der Waals surface area contributed by atoms with Crippen molar-refractivity contribution in [3.05, 3.63) is 70.9 Å². The molecular formula is C20H19FN2O4. The summed E-state index contributed by atoms with van der Waals surface area (Å²) < 4.78 is 29.8. The van der Waals surface area contributed by atoms with Gasteiger partial charge in [0.25, 0.3) is 5.91 Å². The highest BCUT2D eigenvalue weighted by Crippen LogP contribution is 2.27. The van der Waals surface area contributed by atoms with Crippen LogP contribution in [0.2, 0.25) is 0 Å². The number of ether oxygens (including phenoxy) is 2. The van der Waals surface area contributed by atoms with Crippen LogP contribution in [0.15, 0.2) is 47.0 Å². The summed E-state index contributed by atoms with van der Waals surface area (Å²) in [4.78, 5) is 12.5. The number of halogens is 1. The number of aromatic nitrogens is 1. The molecule has 0 fully saturated rings. The number of benzene rings is 2. The fourth-order valence-corrected chi connectivity index (χ4v) is 2.49. The van der Waals surface area contributed by atoms with Gasteiger partial charge in [0.15, 0.2) is 17.2 Å². The number of carbonyl (C=O) groups excluding carboxylic acids is 1. The van der Waals surface area contributed by atoms with Crippen LogP contribution in [-0.2, 0) is 6.61 Å². The highest BCUT2D eigenvalue weighted by molar-refractivity contribution is 6.03. The Morgan fingerprint density at radius 2 is 1.93 bits per heavy atom. The fourth-order valence-electron chi connectivity index (χ4n) is 2.49. The Bertz CT molecular complexity index is 968. The van der Waals surface area contributed by atoms with Crippen LogP contribution in [0.3, 0.4) is 0 Å². The van der Waals surface area contributed by atoms with Crippen LogP contribution in [-0.4, -0.2) is 18.2 Å². The number of nitrogens with zero attached hydrogens (tertiary/aromatic N) is 1. The molecule has 7 heteroatoms. The summed E-state index contributed by atoms with van der Waals surface area (Å²) >= 11 is 0. The Labute approximate surface area is 155 Å². The molecule has 3 rings (SSSR count). The Morgan fingerprint density at radius 1 is 1.19 bits per heavy atom. The van der Waals surface area contributed by atoms with E-state index in [4.69, 9.17) is 14.0 Å². The monoisotopic (exact) mass is 370 g/mol. The Balaban J connectivity index is 1.77. The van der Waals surface area contributed by atoms with Crippen LogP contribution >= 0.6 is 0 Å². The molecule has 0 unspecified atom stereocenters. The molecule has 0 aliphatic carbocycles.